The molecule has 2 atom stereocenters. The van der Waals surface area contributed by atoms with Crippen molar-refractivity contribution in [2.24, 2.45) is 0 Å². The molecule has 0 spiro atoms. The summed E-state index contributed by atoms with van der Waals surface area (Å²) in [6.07, 6.45) is 3.17. The van der Waals surface area contributed by atoms with Gasteiger partial charge >= 0.3 is 8.60 Å². The highest BCUT2D eigenvalue weighted by atomic mass is 31.2. The smallest absolute Gasteiger partial charge is 0.329 e. The molecule has 7 heteroatoms. The quantitative estimate of drug-likeness (QED) is 0.520. The number of rotatable bonds is 5. The number of fused-ring (bicyclic) bond motifs is 1. The Kier molecular flexibility index (Phi) is 7.54. The van der Waals surface area contributed by atoms with Crippen molar-refractivity contribution in [2.45, 2.75) is 45.8 Å². The third kappa shape index (κ3) is 4.80. The lowest BCUT2D eigenvalue weighted by Gasteiger charge is -2.23. The molecule has 2 aromatic carbocycles. The average Bonchev–Trinajstić information content (AvgIpc) is 2.59. The summed E-state index contributed by atoms with van der Waals surface area (Å²) in [7, 11) is -2.60. The Balaban J connectivity index is 0.00000243. The molecule has 0 amide bonds. The fourth-order valence-electron chi connectivity index (χ4n) is 3.29. The molecular formula is C19H26O5P2. The van der Waals surface area contributed by atoms with Crippen LogP contribution >= 0.6 is 18.5 Å². The van der Waals surface area contributed by atoms with Crippen molar-refractivity contribution >= 4 is 18.5 Å². The number of benzene rings is 2. The van der Waals surface area contributed by atoms with Gasteiger partial charge in [0, 0.05) is 5.56 Å². The standard InChI is InChI=1S/C19H23O5P.H3P/c1-12-11-18(17-6-4-3-5-16(17)13(12)2)23-15-9-7-14(8-10-15)19(20)24-25(21)22;/h7-11,19-22H,3-6H2,1-2H3;1H3. The van der Waals surface area contributed by atoms with E-state index in [4.69, 9.17) is 14.5 Å². The number of aliphatic hydroxyl groups excluding tert-OH is 1. The number of aryl methyl sites for hydroxylation is 1. The van der Waals surface area contributed by atoms with Gasteiger partial charge in [-0.25, -0.2) is 0 Å². The number of hydrogen-bond donors (Lipinski definition) is 3. The SMILES string of the molecule is Cc1cc(Oc2ccc(C(O)OP(O)O)cc2)c2c(c1C)CCCC2.P. The molecule has 142 valence electrons. The molecule has 0 saturated heterocycles. The maximum Gasteiger partial charge on any atom is 0.329 e. The van der Waals surface area contributed by atoms with Gasteiger partial charge in [0.15, 0.2) is 6.29 Å². The summed E-state index contributed by atoms with van der Waals surface area (Å²) in [4.78, 5) is 17.6. The van der Waals surface area contributed by atoms with Crippen molar-refractivity contribution in [3.05, 3.63) is 58.1 Å². The normalized spacial score (nSPS) is 14.5. The van der Waals surface area contributed by atoms with Crippen LogP contribution in [0.3, 0.4) is 0 Å². The van der Waals surface area contributed by atoms with Crippen LogP contribution < -0.4 is 4.74 Å². The van der Waals surface area contributed by atoms with Gasteiger partial charge in [-0.3, -0.25) is 4.52 Å². The zero-order valence-corrected chi connectivity index (χ0v) is 17.4. The van der Waals surface area contributed by atoms with Crippen LogP contribution in [0.4, 0.5) is 0 Å². The van der Waals surface area contributed by atoms with Crippen LogP contribution in [0.15, 0.2) is 30.3 Å². The molecule has 0 bridgehead atoms. The second-order valence-electron chi connectivity index (χ2n) is 6.36. The molecule has 0 aromatic heterocycles. The van der Waals surface area contributed by atoms with Gasteiger partial charge in [0.25, 0.3) is 0 Å². The van der Waals surface area contributed by atoms with E-state index in [9.17, 15) is 5.11 Å². The van der Waals surface area contributed by atoms with E-state index in [0.29, 0.717) is 11.3 Å². The fraction of sp³-hybridized carbons (Fsp3) is 0.368. The van der Waals surface area contributed by atoms with Crippen LogP contribution in [0, 0.1) is 13.8 Å². The minimum absolute atomic E-state index is 0. The molecule has 5 nitrogen and oxygen atoms in total. The van der Waals surface area contributed by atoms with Crippen molar-refractivity contribution in [3.63, 3.8) is 0 Å². The minimum atomic E-state index is -2.60. The molecule has 0 saturated carbocycles. The van der Waals surface area contributed by atoms with E-state index in [-0.39, 0.29) is 9.90 Å². The lowest BCUT2D eigenvalue weighted by atomic mass is 9.86. The summed E-state index contributed by atoms with van der Waals surface area (Å²) in [5, 5.41) is 9.73. The van der Waals surface area contributed by atoms with Gasteiger partial charge in [0.05, 0.1) is 0 Å². The number of aliphatic hydroxyl groups is 1. The molecule has 0 fully saturated rings. The predicted molar refractivity (Wildman–Crippen MR) is 108 cm³/mol. The van der Waals surface area contributed by atoms with E-state index < -0.39 is 14.9 Å². The van der Waals surface area contributed by atoms with E-state index in [1.165, 1.54) is 35.1 Å². The third-order valence-electron chi connectivity index (χ3n) is 4.74. The van der Waals surface area contributed by atoms with Crippen molar-refractivity contribution < 1.29 is 24.2 Å². The first-order valence-corrected chi connectivity index (χ1v) is 9.54. The predicted octanol–water partition coefficient (Wildman–Crippen LogP) is 4.25. The second-order valence-corrected chi connectivity index (χ2v) is 7.08. The summed E-state index contributed by atoms with van der Waals surface area (Å²) >= 11 is 0. The van der Waals surface area contributed by atoms with E-state index in [2.05, 4.69) is 24.4 Å². The lowest BCUT2D eigenvalue weighted by Crippen LogP contribution is -2.08. The first kappa shape index (κ1) is 21.2. The van der Waals surface area contributed by atoms with Crippen LogP contribution in [0.2, 0.25) is 0 Å². The maximum atomic E-state index is 9.73. The van der Waals surface area contributed by atoms with E-state index in [0.717, 1.165) is 18.6 Å². The Morgan fingerprint density at radius 2 is 1.62 bits per heavy atom. The molecule has 2 aromatic rings. The fourth-order valence-corrected chi connectivity index (χ4v) is 3.59. The van der Waals surface area contributed by atoms with Crippen molar-refractivity contribution in [1.82, 2.24) is 0 Å². The third-order valence-corrected chi connectivity index (χ3v) is 5.13. The van der Waals surface area contributed by atoms with Gasteiger partial charge in [0.1, 0.15) is 11.5 Å². The van der Waals surface area contributed by atoms with Crippen LogP contribution in [-0.4, -0.2) is 14.9 Å². The van der Waals surface area contributed by atoms with Crippen LogP contribution in [0.1, 0.15) is 46.9 Å². The lowest BCUT2D eigenvalue weighted by molar-refractivity contribution is -0.0271. The first-order valence-electron chi connectivity index (χ1n) is 8.38. The minimum Gasteiger partial charge on any atom is -0.457 e. The van der Waals surface area contributed by atoms with E-state index in [1.54, 1.807) is 24.3 Å². The highest BCUT2D eigenvalue weighted by molar-refractivity contribution is 7.39. The summed E-state index contributed by atoms with van der Waals surface area (Å²) in [6, 6.07) is 8.86. The van der Waals surface area contributed by atoms with Crippen molar-refractivity contribution in [3.8, 4) is 11.5 Å². The summed E-state index contributed by atoms with van der Waals surface area (Å²) in [5.74, 6) is 1.57. The van der Waals surface area contributed by atoms with Crippen molar-refractivity contribution in [1.29, 1.82) is 0 Å². The Labute approximate surface area is 158 Å². The van der Waals surface area contributed by atoms with E-state index in [1.807, 2.05) is 0 Å². The highest BCUT2D eigenvalue weighted by Gasteiger charge is 2.19. The van der Waals surface area contributed by atoms with Crippen LogP contribution in [0.5, 0.6) is 11.5 Å². The van der Waals surface area contributed by atoms with Gasteiger partial charge in [-0.2, -0.15) is 9.90 Å². The molecule has 2 unspecified atom stereocenters. The van der Waals surface area contributed by atoms with Gasteiger partial charge in [0.2, 0.25) is 0 Å². The molecule has 26 heavy (non-hydrogen) atoms. The van der Waals surface area contributed by atoms with E-state index >= 15 is 0 Å². The van der Waals surface area contributed by atoms with Crippen molar-refractivity contribution in [2.75, 3.05) is 0 Å². The molecule has 0 aliphatic heterocycles. The molecule has 1 aliphatic carbocycles. The molecule has 0 heterocycles. The zero-order chi connectivity index (χ0) is 18.0. The first-order chi connectivity index (χ1) is 12.0. The van der Waals surface area contributed by atoms with Crippen LogP contribution in [-0.2, 0) is 17.4 Å². The molecule has 3 N–H and O–H groups in total. The topological polar surface area (TPSA) is 79.2 Å². The maximum absolute atomic E-state index is 9.73. The average molecular weight is 396 g/mol. The Bertz CT molecular complexity index is 747. The number of hydrogen-bond acceptors (Lipinski definition) is 5. The zero-order valence-electron chi connectivity index (χ0n) is 15.1. The van der Waals surface area contributed by atoms with Gasteiger partial charge in [-0.15, -0.1) is 0 Å². The van der Waals surface area contributed by atoms with Gasteiger partial charge in [-0.05, 0) is 80.0 Å². The largest absolute Gasteiger partial charge is 0.457 e. The molecule has 1 aliphatic rings. The molecular weight excluding hydrogens is 370 g/mol. The second kappa shape index (κ2) is 9.23. The Hall–Kier alpha value is -1.06. The summed E-state index contributed by atoms with van der Waals surface area (Å²) < 4.78 is 10.7. The molecule has 0 radical (unpaired) electrons. The molecule has 3 rings (SSSR count). The Morgan fingerprint density at radius 3 is 2.23 bits per heavy atom. The van der Waals surface area contributed by atoms with Gasteiger partial charge in [-0.1, -0.05) is 12.1 Å². The number of ether oxygens (including phenoxy) is 1. The highest BCUT2D eigenvalue weighted by Crippen LogP contribution is 2.37. The summed E-state index contributed by atoms with van der Waals surface area (Å²) in [6.45, 7) is 4.28. The van der Waals surface area contributed by atoms with Gasteiger partial charge < -0.3 is 19.6 Å². The Morgan fingerprint density at radius 1 is 1.00 bits per heavy atom. The monoisotopic (exact) mass is 396 g/mol. The van der Waals surface area contributed by atoms with Crippen LogP contribution in [0.25, 0.3) is 0 Å². The summed E-state index contributed by atoms with van der Waals surface area (Å²) in [5.41, 5.74) is 5.75.